The quantitative estimate of drug-likeness (QED) is 0.555. The lowest BCUT2D eigenvalue weighted by Crippen LogP contribution is -2.23. The Hall–Kier alpha value is -3.18. The number of amides is 2. The van der Waals surface area contributed by atoms with Gasteiger partial charge in [-0.1, -0.05) is 56.6 Å². The van der Waals surface area contributed by atoms with Gasteiger partial charge in [-0.3, -0.25) is 9.59 Å². The molecular weight excluding hydrogens is 398 g/mol. The molecule has 0 atom stereocenters. The van der Waals surface area contributed by atoms with E-state index < -0.39 is 0 Å². The standard InChI is InChI=1S/C24H24ClN3O2/c1-24(2,3)19-10-8-17(9-11-19)22(29)27-15-16-4-6-18(7-5-16)23(30)28-20-12-13-26-21(25)14-20/h4-14H,15H2,1-3H3,(H,27,29)(H,26,28,30). The first-order chi connectivity index (χ1) is 14.2. The second-order valence-electron chi connectivity index (χ2n) is 8.03. The molecule has 5 nitrogen and oxygen atoms in total. The number of aromatic nitrogens is 1. The summed E-state index contributed by atoms with van der Waals surface area (Å²) in [6.45, 7) is 6.79. The van der Waals surface area contributed by atoms with E-state index in [0.717, 1.165) is 5.56 Å². The van der Waals surface area contributed by atoms with Crippen molar-refractivity contribution in [3.63, 3.8) is 0 Å². The van der Waals surface area contributed by atoms with E-state index in [-0.39, 0.29) is 17.2 Å². The zero-order valence-corrected chi connectivity index (χ0v) is 18.0. The number of carbonyl (C=O) groups excluding carboxylic acids is 2. The van der Waals surface area contributed by atoms with E-state index in [1.165, 1.54) is 11.8 Å². The largest absolute Gasteiger partial charge is 0.348 e. The zero-order chi connectivity index (χ0) is 21.7. The predicted molar refractivity (Wildman–Crippen MR) is 120 cm³/mol. The van der Waals surface area contributed by atoms with E-state index in [0.29, 0.717) is 28.5 Å². The van der Waals surface area contributed by atoms with Crippen molar-refractivity contribution in [2.45, 2.75) is 32.7 Å². The maximum absolute atomic E-state index is 12.4. The van der Waals surface area contributed by atoms with Crippen LogP contribution in [0.15, 0.2) is 66.9 Å². The van der Waals surface area contributed by atoms with Crippen molar-refractivity contribution in [2.75, 3.05) is 5.32 Å². The molecule has 0 unspecified atom stereocenters. The fourth-order valence-electron chi connectivity index (χ4n) is 2.86. The van der Waals surface area contributed by atoms with E-state index >= 15 is 0 Å². The molecule has 0 fully saturated rings. The topological polar surface area (TPSA) is 71.1 Å². The molecule has 1 aromatic heterocycles. The lowest BCUT2D eigenvalue weighted by Gasteiger charge is -2.19. The van der Waals surface area contributed by atoms with Gasteiger partial charge in [-0.2, -0.15) is 0 Å². The average Bonchev–Trinajstić information content (AvgIpc) is 2.72. The SMILES string of the molecule is CC(C)(C)c1ccc(C(=O)NCc2ccc(C(=O)Nc3ccnc(Cl)c3)cc2)cc1. The summed E-state index contributed by atoms with van der Waals surface area (Å²) in [7, 11) is 0. The van der Waals surface area contributed by atoms with E-state index in [9.17, 15) is 9.59 Å². The van der Waals surface area contributed by atoms with Crippen LogP contribution in [0.5, 0.6) is 0 Å². The first kappa shape index (κ1) is 21.5. The molecule has 30 heavy (non-hydrogen) atoms. The number of rotatable bonds is 5. The van der Waals surface area contributed by atoms with Crippen LogP contribution in [0.3, 0.4) is 0 Å². The van der Waals surface area contributed by atoms with Gasteiger partial charge in [-0.15, -0.1) is 0 Å². The molecule has 2 N–H and O–H groups in total. The maximum Gasteiger partial charge on any atom is 0.255 e. The number of pyridine rings is 1. The Morgan fingerprint density at radius 1 is 0.900 bits per heavy atom. The number of nitrogens with zero attached hydrogens (tertiary/aromatic N) is 1. The van der Waals surface area contributed by atoms with Gasteiger partial charge in [0, 0.05) is 29.6 Å². The first-order valence-electron chi connectivity index (χ1n) is 9.63. The molecular formula is C24H24ClN3O2. The molecule has 0 aliphatic rings. The van der Waals surface area contributed by atoms with Gasteiger partial charge in [0.1, 0.15) is 5.15 Å². The third-order valence-corrected chi connectivity index (χ3v) is 4.87. The second kappa shape index (κ2) is 9.09. The van der Waals surface area contributed by atoms with Crippen molar-refractivity contribution in [3.8, 4) is 0 Å². The molecule has 2 amide bonds. The third kappa shape index (κ3) is 5.67. The Morgan fingerprint density at radius 2 is 1.50 bits per heavy atom. The van der Waals surface area contributed by atoms with E-state index in [1.807, 2.05) is 36.4 Å². The van der Waals surface area contributed by atoms with Gasteiger partial charge in [-0.25, -0.2) is 4.98 Å². The minimum Gasteiger partial charge on any atom is -0.348 e. The molecule has 1 heterocycles. The number of nitrogens with one attached hydrogen (secondary N) is 2. The molecule has 0 spiro atoms. The summed E-state index contributed by atoms with van der Waals surface area (Å²) in [5.41, 5.74) is 3.84. The second-order valence-corrected chi connectivity index (χ2v) is 8.42. The first-order valence-corrected chi connectivity index (χ1v) is 10.0. The Balaban J connectivity index is 1.56. The molecule has 0 radical (unpaired) electrons. The van der Waals surface area contributed by atoms with Gasteiger partial charge in [-0.05, 0) is 52.9 Å². The molecule has 0 aliphatic heterocycles. The van der Waals surface area contributed by atoms with Crippen LogP contribution in [0.1, 0.15) is 52.6 Å². The van der Waals surface area contributed by atoms with Gasteiger partial charge < -0.3 is 10.6 Å². The fraction of sp³-hybridized carbons (Fsp3) is 0.208. The molecule has 154 valence electrons. The molecule has 3 rings (SSSR count). The van der Waals surface area contributed by atoms with Crippen LogP contribution in [0.2, 0.25) is 5.15 Å². The Morgan fingerprint density at radius 3 is 2.10 bits per heavy atom. The number of hydrogen-bond acceptors (Lipinski definition) is 3. The molecule has 2 aromatic carbocycles. The van der Waals surface area contributed by atoms with Crippen LogP contribution in [0.4, 0.5) is 5.69 Å². The van der Waals surface area contributed by atoms with Crippen LogP contribution in [-0.4, -0.2) is 16.8 Å². The Labute approximate surface area is 181 Å². The number of hydrogen-bond donors (Lipinski definition) is 2. The minimum atomic E-state index is -0.244. The predicted octanol–water partition coefficient (Wildman–Crippen LogP) is 5.21. The number of benzene rings is 2. The number of halogens is 1. The van der Waals surface area contributed by atoms with E-state index in [2.05, 4.69) is 36.4 Å². The minimum absolute atomic E-state index is 0.0483. The van der Waals surface area contributed by atoms with Crippen molar-refractivity contribution in [2.24, 2.45) is 0 Å². The summed E-state index contributed by atoms with van der Waals surface area (Å²) in [6, 6.07) is 18.0. The summed E-state index contributed by atoms with van der Waals surface area (Å²) >= 11 is 5.83. The molecule has 0 aliphatic carbocycles. The molecule has 3 aromatic rings. The van der Waals surface area contributed by atoms with Gasteiger partial charge in [0.05, 0.1) is 0 Å². The zero-order valence-electron chi connectivity index (χ0n) is 17.2. The number of anilines is 1. The highest BCUT2D eigenvalue weighted by atomic mass is 35.5. The van der Waals surface area contributed by atoms with Crippen molar-refractivity contribution in [3.05, 3.63) is 94.3 Å². The summed E-state index contributed by atoms with van der Waals surface area (Å²) in [5.74, 6) is -0.376. The highest BCUT2D eigenvalue weighted by Crippen LogP contribution is 2.22. The Kier molecular flexibility index (Phi) is 6.53. The van der Waals surface area contributed by atoms with Gasteiger partial charge >= 0.3 is 0 Å². The number of carbonyl (C=O) groups is 2. The van der Waals surface area contributed by atoms with Crippen molar-refractivity contribution in [1.82, 2.24) is 10.3 Å². The lowest BCUT2D eigenvalue weighted by molar-refractivity contribution is 0.0949. The fourth-order valence-corrected chi connectivity index (χ4v) is 3.04. The van der Waals surface area contributed by atoms with E-state index in [4.69, 9.17) is 11.6 Å². The highest BCUT2D eigenvalue weighted by Gasteiger charge is 2.14. The van der Waals surface area contributed by atoms with Crippen LogP contribution >= 0.6 is 11.6 Å². The van der Waals surface area contributed by atoms with Crippen LogP contribution < -0.4 is 10.6 Å². The monoisotopic (exact) mass is 421 g/mol. The average molecular weight is 422 g/mol. The van der Waals surface area contributed by atoms with Gasteiger partial charge in [0.15, 0.2) is 0 Å². The third-order valence-electron chi connectivity index (χ3n) is 4.67. The summed E-state index contributed by atoms with van der Waals surface area (Å²) in [4.78, 5) is 28.6. The highest BCUT2D eigenvalue weighted by molar-refractivity contribution is 6.29. The molecule has 0 saturated carbocycles. The van der Waals surface area contributed by atoms with Crippen molar-refractivity contribution >= 4 is 29.1 Å². The lowest BCUT2D eigenvalue weighted by atomic mass is 9.87. The summed E-state index contributed by atoms with van der Waals surface area (Å²) in [5, 5.41) is 5.99. The van der Waals surface area contributed by atoms with Crippen LogP contribution in [-0.2, 0) is 12.0 Å². The smallest absolute Gasteiger partial charge is 0.255 e. The van der Waals surface area contributed by atoms with Crippen LogP contribution in [0, 0.1) is 0 Å². The van der Waals surface area contributed by atoms with Crippen molar-refractivity contribution < 1.29 is 9.59 Å². The molecule has 6 heteroatoms. The van der Waals surface area contributed by atoms with Gasteiger partial charge in [0.2, 0.25) is 0 Å². The van der Waals surface area contributed by atoms with E-state index in [1.54, 1.807) is 24.3 Å². The summed E-state index contributed by atoms with van der Waals surface area (Å²) in [6.07, 6.45) is 1.53. The van der Waals surface area contributed by atoms with Crippen molar-refractivity contribution in [1.29, 1.82) is 0 Å². The summed E-state index contributed by atoms with van der Waals surface area (Å²) < 4.78 is 0. The molecule has 0 saturated heterocycles. The Bertz CT molecular complexity index is 1040. The normalized spacial score (nSPS) is 11.1. The molecule has 0 bridgehead atoms. The van der Waals surface area contributed by atoms with Crippen LogP contribution in [0.25, 0.3) is 0 Å². The maximum atomic E-state index is 12.4. The van der Waals surface area contributed by atoms with Gasteiger partial charge in [0.25, 0.3) is 11.8 Å².